The Morgan fingerprint density at radius 1 is 1.14 bits per heavy atom. The summed E-state index contributed by atoms with van der Waals surface area (Å²) in [6.07, 6.45) is 0.239. The van der Waals surface area contributed by atoms with Gasteiger partial charge < -0.3 is 11.1 Å². The lowest BCUT2D eigenvalue weighted by molar-refractivity contribution is -0.121. The van der Waals surface area contributed by atoms with E-state index in [0.717, 1.165) is 5.56 Å². The second kappa shape index (κ2) is 7.71. The minimum atomic E-state index is -0.274. The molecule has 2 rings (SSSR count). The molecule has 0 saturated heterocycles. The first-order chi connectivity index (χ1) is 10.6. The maximum Gasteiger partial charge on any atom is 0.220 e. The van der Waals surface area contributed by atoms with Gasteiger partial charge in [-0.3, -0.25) is 4.79 Å². The highest BCUT2D eigenvalue weighted by Crippen LogP contribution is 2.21. The lowest BCUT2D eigenvalue weighted by Crippen LogP contribution is -2.32. The predicted octanol–water partition coefficient (Wildman–Crippen LogP) is 3.14. The number of hydrogen-bond donors (Lipinski definition) is 2. The topological polar surface area (TPSA) is 55.1 Å². The van der Waals surface area contributed by atoms with E-state index in [0.29, 0.717) is 12.1 Å². The largest absolute Gasteiger partial charge is 0.354 e. The van der Waals surface area contributed by atoms with Crippen molar-refractivity contribution in [1.29, 1.82) is 0 Å². The normalized spacial score (nSPS) is 13.4. The van der Waals surface area contributed by atoms with Gasteiger partial charge in [-0.15, -0.1) is 0 Å². The second-order valence-corrected chi connectivity index (χ2v) is 5.45. The highest BCUT2D eigenvalue weighted by Gasteiger charge is 2.15. The maximum absolute atomic E-state index is 13.7. The fourth-order valence-corrected chi connectivity index (χ4v) is 2.38. The van der Waals surface area contributed by atoms with Crippen molar-refractivity contribution in [1.82, 2.24) is 5.32 Å². The number of amides is 1. The van der Waals surface area contributed by atoms with E-state index in [4.69, 9.17) is 5.73 Å². The molecular weight excluding hydrogens is 279 g/mol. The van der Waals surface area contributed by atoms with Crippen LogP contribution in [0.3, 0.4) is 0 Å². The zero-order valence-electron chi connectivity index (χ0n) is 12.6. The van der Waals surface area contributed by atoms with Crippen molar-refractivity contribution >= 4 is 5.91 Å². The summed E-state index contributed by atoms with van der Waals surface area (Å²) >= 11 is 0. The van der Waals surface area contributed by atoms with E-state index >= 15 is 0 Å². The first kappa shape index (κ1) is 16.2. The van der Waals surface area contributed by atoms with Crippen molar-refractivity contribution < 1.29 is 9.18 Å². The summed E-state index contributed by atoms with van der Waals surface area (Å²) in [7, 11) is 0. The van der Waals surface area contributed by atoms with Gasteiger partial charge in [0.25, 0.3) is 0 Å². The van der Waals surface area contributed by atoms with Crippen molar-refractivity contribution in [3.8, 4) is 0 Å². The van der Waals surface area contributed by atoms with Gasteiger partial charge in [0, 0.05) is 19.0 Å². The summed E-state index contributed by atoms with van der Waals surface area (Å²) in [5, 5.41) is 2.81. The Morgan fingerprint density at radius 3 is 2.45 bits per heavy atom. The number of halogens is 1. The molecule has 22 heavy (non-hydrogen) atoms. The molecule has 2 aromatic rings. The van der Waals surface area contributed by atoms with E-state index in [2.05, 4.69) is 5.32 Å². The van der Waals surface area contributed by atoms with Gasteiger partial charge in [-0.1, -0.05) is 55.5 Å². The monoisotopic (exact) mass is 300 g/mol. The molecule has 0 saturated carbocycles. The smallest absolute Gasteiger partial charge is 0.220 e. The highest BCUT2D eigenvalue weighted by atomic mass is 19.1. The Hall–Kier alpha value is -2.20. The van der Waals surface area contributed by atoms with Gasteiger partial charge >= 0.3 is 0 Å². The molecule has 116 valence electrons. The standard InChI is InChI=1S/C18H21FN2O/c1-13(15-9-5-6-10-16(15)19)11-18(22)21-12-17(20)14-7-3-2-4-8-14/h2-10,13,17H,11-12,20H2,1H3,(H,21,22). The molecular formula is C18H21FN2O. The third-order valence-electron chi connectivity index (χ3n) is 3.67. The van der Waals surface area contributed by atoms with Crippen molar-refractivity contribution in [2.24, 2.45) is 5.73 Å². The minimum absolute atomic E-state index is 0.123. The molecule has 2 unspecified atom stereocenters. The number of hydrogen-bond acceptors (Lipinski definition) is 2. The van der Waals surface area contributed by atoms with E-state index < -0.39 is 0 Å². The average molecular weight is 300 g/mol. The second-order valence-electron chi connectivity index (χ2n) is 5.45. The quantitative estimate of drug-likeness (QED) is 0.861. The number of benzene rings is 2. The first-order valence-electron chi connectivity index (χ1n) is 7.39. The lowest BCUT2D eigenvalue weighted by atomic mass is 9.97. The zero-order chi connectivity index (χ0) is 15.9. The Labute approximate surface area is 130 Å². The molecule has 0 fully saturated rings. The molecule has 2 atom stereocenters. The van der Waals surface area contributed by atoms with E-state index in [1.165, 1.54) is 6.07 Å². The number of nitrogens with two attached hydrogens (primary N) is 1. The van der Waals surface area contributed by atoms with Crippen LogP contribution >= 0.6 is 0 Å². The molecule has 1 amide bonds. The third kappa shape index (κ3) is 4.40. The van der Waals surface area contributed by atoms with Crippen LogP contribution in [0.5, 0.6) is 0 Å². The Balaban J connectivity index is 1.84. The van der Waals surface area contributed by atoms with E-state index in [9.17, 15) is 9.18 Å². The molecule has 0 aromatic heterocycles. The van der Waals surface area contributed by atoms with Gasteiger partial charge in [0.2, 0.25) is 5.91 Å². The summed E-state index contributed by atoms with van der Waals surface area (Å²) in [5.74, 6) is -0.569. The van der Waals surface area contributed by atoms with Crippen LogP contribution in [0.1, 0.15) is 36.4 Å². The van der Waals surface area contributed by atoms with Crippen LogP contribution in [-0.2, 0) is 4.79 Å². The molecule has 3 nitrogen and oxygen atoms in total. The van der Waals surface area contributed by atoms with Crippen molar-refractivity contribution in [2.75, 3.05) is 6.54 Å². The number of carbonyl (C=O) groups is 1. The van der Waals surface area contributed by atoms with Crippen molar-refractivity contribution in [2.45, 2.75) is 25.3 Å². The van der Waals surface area contributed by atoms with Gasteiger partial charge in [0.05, 0.1) is 0 Å². The van der Waals surface area contributed by atoms with Crippen LogP contribution in [0.2, 0.25) is 0 Å². The average Bonchev–Trinajstić information content (AvgIpc) is 2.53. The molecule has 4 heteroatoms. The summed E-state index contributed by atoms with van der Waals surface area (Å²) in [4.78, 5) is 12.0. The van der Waals surface area contributed by atoms with Gasteiger partial charge in [0.15, 0.2) is 0 Å². The molecule has 0 heterocycles. The van der Waals surface area contributed by atoms with Crippen LogP contribution in [0, 0.1) is 5.82 Å². The number of rotatable bonds is 6. The molecule has 0 aliphatic heterocycles. The van der Waals surface area contributed by atoms with Gasteiger partial charge in [-0.05, 0) is 23.1 Å². The van der Waals surface area contributed by atoms with E-state index in [1.807, 2.05) is 37.3 Å². The van der Waals surface area contributed by atoms with Gasteiger partial charge in [-0.25, -0.2) is 4.39 Å². The number of nitrogens with one attached hydrogen (secondary N) is 1. The zero-order valence-corrected chi connectivity index (χ0v) is 12.6. The summed E-state index contributed by atoms with van der Waals surface area (Å²) in [6.45, 7) is 2.21. The Morgan fingerprint density at radius 2 is 1.77 bits per heavy atom. The van der Waals surface area contributed by atoms with Crippen LogP contribution in [-0.4, -0.2) is 12.5 Å². The van der Waals surface area contributed by atoms with Crippen molar-refractivity contribution in [3.05, 3.63) is 71.5 Å². The first-order valence-corrected chi connectivity index (χ1v) is 7.39. The van der Waals surface area contributed by atoms with Crippen LogP contribution < -0.4 is 11.1 Å². The molecule has 0 aliphatic rings. The molecule has 0 bridgehead atoms. The summed E-state index contributed by atoms with van der Waals surface area (Å²) in [5.41, 5.74) is 7.57. The Kier molecular flexibility index (Phi) is 5.67. The Bertz CT molecular complexity index is 615. The molecule has 3 N–H and O–H groups in total. The maximum atomic E-state index is 13.7. The molecule has 2 aromatic carbocycles. The SMILES string of the molecule is CC(CC(=O)NCC(N)c1ccccc1)c1ccccc1F. The van der Waals surface area contributed by atoms with Gasteiger partial charge in [0.1, 0.15) is 5.82 Å². The third-order valence-corrected chi connectivity index (χ3v) is 3.67. The lowest BCUT2D eigenvalue weighted by Gasteiger charge is -2.16. The van der Waals surface area contributed by atoms with Crippen LogP contribution in [0.15, 0.2) is 54.6 Å². The van der Waals surface area contributed by atoms with Gasteiger partial charge in [-0.2, -0.15) is 0 Å². The van der Waals surface area contributed by atoms with E-state index in [1.54, 1.807) is 18.2 Å². The predicted molar refractivity (Wildman–Crippen MR) is 85.8 cm³/mol. The summed E-state index contributed by atoms with van der Waals surface area (Å²) in [6, 6.07) is 15.9. The van der Waals surface area contributed by atoms with Crippen LogP contribution in [0.4, 0.5) is 4.39 Å². The molecule has 0 spiro atoms. The number of carbonyl (C=O) groups excluding carboxylic acids is 1. The fourth-order valence-electron chi connectivity index (χ4n) is 2.38. The molecule has 0 radical (unpaired) electrons. The summed E-state index contributed by atoms with van der Waals surface area (Å²) < 4.78 is 13.7. The highest BCUT2D eigenvalue weighted by molar-refractivity contribution is 5.76. The van der Waals surface area contributed by atoms with Crippen LogP contribution in [0.25, 0.3) is 0 Å². The molecule has 0 aliphatic carbocycles. The fraction of sp³-hybridized carbons (Fsp3) is 0.278. The van der Waals surface area contributed by atoms with E-state index in [-0.39, 0.29) is 30.1 Å². The minimum Gasteiger partial charge on any atom is -0.354 e. The van der Waals surface area contributed by atoms with Crippen molar-refractivity contribution in [3.63, 3.8) is 0 Å².